The molecule has 1 amide bonds. The van der Waals surface area contributed by atoms with Crippen LogP contribution in [0.1, 0.15) is 16.7 Å². The first-order chi connectivity index (χ1) is 15.2. The van der Waals surface area contributed by atoms with E-state index >= 15 is 0 Å². The smallest absolute Gasteiger partial charge is 0.416 e. The molecule has 0 saturated carbocycles. The summed E-state index contributed by atoms with van der Waals surface area (Å²) in [5, 5.41) is 9.77. The number of sulfonamides is 1. The fraction of sp³-hybridized carbons (Fsp3) is 0.350. The van der Waals surface area contributed by atoms with Crippen molar-refractivity contribution in [3.05, 3.63) is 59.2 Å². The molecule has 0 atom stereocenters. The number of rotatable bonds is 4. The van der Waals surface area contributed by atoms with E-state index in [0.717, 1.165) is 4.31 Å². The largest absolute Gasteiger partial charge is 0.508 e. The summed E-state index contributed by atoms with van der Waals surface area (Å²) >= 11 is 0. The van der Waals surface area contributed by atoms with Gasteiger partial charge in [-0.2, -0.15) is 30.6 Å². The van der Waals surface area contributed by atoms with Crippen LogP contribution in [0.3, 0.4) is 0 Å². The summed E-state index contributed by atoms with van der Waals surface area (Å²) in [7, 11) is -4.69. The van der Waals surface area contributed by atoms with E-state index in [0.29, 0.717) is 5.56 Å². The number of phenols is 1. The van der Waals surface area contributed by atoms with Crippen molar-refractivity contribution in [2.45, 2.75) is 23.7 Å². The van der Waals surface area contributed by atoms with Gasteiger partial charge in [-0.15, -0.1) is 0 Å². The monoisotopic (exact) mass is 496 g/mol. The Hall–Kier alpha value is -2.80. The minimum absolute atomic E-state index is 0.0860. The fourth-order valence-electron chi connectivity index (χ4n) is 3.34. The highest BCUT2D eigenvalue weighted by molar-refractivity contribution is 7.89. The molecule has 0 bridgehead atoms. The average molecular weight is 496 g/mol. The van der Waals surface area contributed by atoms with Crippen molar-refractivity contribution < 1.29 is 44.7 Å². The molecule has 33 heavy (non-hydrogen) atoms. The Morgan fingerprint density at radius 3 is 1.88 bits per heavy atom. The maximum absolute atomic E-state index is 13.1. The molecular weight excluding hydrogens is 478 g/mol. The number of hydrogen-bond donors (Lipinski definition) is 1. The summed E-state index contributed by atoms with van der Waals surface area (Å²) in [5.41, 5.74) is -3.10. The van der Waals surface area contributed by atoms with E-state index in [1.54, 1.807) is 18.2 Å². The van der Waals surface area contributed by atoms with E-state index in [9.17, 15) is 44.7 Å². The van der Waals surface area contributed by atoms with E-state index in [2.05, 4.69) is 0 Å². The Kier molecular flexibility index (Phi) is 6.67. The van der Waals surface area contributed by atoms with Crippen LogP contribution >= 0.6 is 0 Å². The molecule has 1 aliphatic heterocycles. The van der Waals surface area contributed by atoms with Gasteiger partial charge in [0.05, 0.1) is 22.4 Å². The van der Waals surface area contributed by atoms with Gasteiger partial charge in [0.1, 0.15) is 5.75 Å². The van der Waals surface area contributed by atoms with E-state index in [4.69, 9.17) is 0 Å². The number of benzene rings is 2. The SMILES string of the molecule is O=C(Cc1ccccc1O)N1CCN(S(=O)(=O)c2cc(C(F)(F)F)cc(C(F)(F)F)c2)CC1. The van der Waals surface area contributed by atoms with Gasteiger partial charge in [0.25, 0.3) is 0 Å². The maximum atomic E-state index is 13.1. The second-order valence-corrected chi connectivity index (χ2v) is 9.27. The first kappa shape index (κ1) is 24.8. The van der Waals surface area contributed by atoms with Gasteiger partial charge in [-0.1, -0.05) is 18.2 Å². The second-order valence-electron chi connectivity index (χ2n) is 7.33. The Balaban J connectivity index is 1.78. The van der Waals surface area contributed by atoms with Gasteiger partial charge in [-0.25, -0.2) is 8.42 Å². The number of carbonyl (C=O) groups excluding carboxylic acids is 1. The van der Waals surface area contributed by atoms with Gasteiger partial charge in [-0.05, 0) is 24.3 Å². The third-order valence-electron chi connectivity index (χ3n) is 5.12. The zero-order valence-corrected chi connectivity index (χ0v) is 17.6. The van der Waals surface area contributed by atoms with Gasteiger partial charge >= 0.3 is 12.4 Å². The molecule has 0 spiro atoms. The van der Waals surface area contributed by atoms with E-state index in [1.807, 2.05) is 0 Å². The highest BCUT2D eigenvalue weighted by Crippen LogP contribution is 2.37. The van der Waals surface area contributed by atoms with Gasteiger partial charge in [0.2, 0.25) is 15.9 Å². The minimum Gasteiger partial charge on any atom is -0.508 e. The summed E-state index contributed by atoms with van der Waals surface area (Å²) in [4.78, 5) is 12.6. The molecule has 0 radical (unpaired) electrons. The summed E-state index contributed by atoms with van der Waals surface area (Å²) in [6.45, 7) is -0.855. The van der Waals surface area contributed by atoms with Crippen LogP contribution in [0.2, 0.25) is 0 Å². The molecule has 0 aromatic heterocycles. The van der Waals surface area contributed by atoms with E-state index < -0.39 is 44.3 Å². The molecule has 1 N–H and O–H groups in total. The quantitative estimate of drug-likeness (QED) is 0.658. The molecule has 180 valence electrons. The van der Waals surface area contributed by atoms with Crippen molar-refractivity contribution in [3.8, 4) is 5.75 Å². The Labute approximate surface area is 185 Å². The fourth-order valence-corrected chi connectivity index (χ4v) is 4.83. The number of phenolic OH excluding ortho intramolecular Hbond substituents is 1. The number of amides is 1. The number of hydrogen-bond acceptors (Lipinski definition) is 4. The first-order valence-electron chi connectivity index (χ1n) is 9.54. The van der Waals surface area contributed by atoms with Crippen molar-refractivity contribution in [1.82, 2.24) is 9.21 Å². The van der Waals surface area contributed by atoms with Gasteiger partial charge in [0.15, 0.2) is 0 Å². The predicted octanol–water partition coefficient (Wildman–Crippen LogP) is 3.51. The summed E-state index contributed by atoms with van der Waals surface area (Å²) < 4.78 is 105. The maximum Gasteiger partial charge on any atom is 0.416 e. The molecule has 0 aliphatic carbocycles. The molecule has 6 nitrogen and oxygen atoms in total. The topological polar surface area (TPSA) is 77.9 Å². The minimum atomic E-state index is -5.18. The van der Waals surface area contributed by atoms with Gasteiger partial charge < -0.3 is 10.0 Å². The molecule has 1 fully saturated rings. The lowest BCUT2D eigenvalue weighted by atomic mass is 10.1. The molecule has 0 unspecified atom stereocenters. The number of alkyl halides is 6. The van der Waals surface area contributed by atoms with Gasteiger partial charge in [-0.3, -0.25) is 4.79 Å². The van der Waals surface area contributed by atoms with Crippen LogP contribution in [0.4, 0.5) is 26.3 Å². The molecule has 2 aromatic rings. The predicted molar refractivity (Wildman–Crippen MR) is 104 cm³/mol. The Morgan fingerprint density at radius 1 is 0.879 bits per heavy atom. The van der Waals surface area contributed by atoms with Crippen LogP contribution < -0.4 is 0 Å². The lowest BCUT2D eigenvalue weighted by Gasteiger charge is -2.34. The van der Waals surface area contributed by atoms with Crippen LogP contribution in [0.25, 0.3) is 0 Å². The highest BCUT2D eigenvalue weighted by Gasteiger charge is 2.39. The molecule has 1 heterocycles. The van der Waals surface area contributed by atoms with Crippen LogP contribution in [-0.4, -0.2) is 54.8 Å². The van der Waals surface area contributed by atoms with Crippen molar-refractivity contribution in [2.75, 3.05) is 26.2 Å². The van der Waals surface area contributed by atoms with Crippen molar-refractivity contribution in [2.24, 2.45) is 0 Å². The van der Waals surface area contributed by atoms with Crippen LogP contribution in [-0.2, 0) is 33.6 Å². The average Bonchev–Trinajstić information content (AvgIpc) is 2.74. The molecule has 2 aromatic carbocycles. The highest BCUT2D eigenvalue weighted by atomic mass is 32.2. The van der Waals surface area contributed by atoms with Crippen LogP contribution in [0, 0.1) is 0 Å². The zero-order valence-electron chi connectivity index (χ0n) is 16.8. The Morgan fingerprint density at radius 2 is 1.39 bits per heavy atom. The van der Waals surface area contributed by atoms with E-state index in [1.165, 1.54) is 11.0 Å². The molecule has 13 heteroatoms. The third kappa shape index (κ3) is 5.58. The van der Waals surface area contributed by atoms with Gasteiger partial charge in [0, 0.05) is 31.7 Å². The zero-order chi connectivity index (χ0) is 24.6. The van der Waals surface area contributed by atoms with Crippen molar-refractivity contribution in [3.63, 3.8) is 0 Å². The van der Waals surface area contributed by atoms with Crippen LogP contribution in [0.5, 0.6) is 5.75 Å². The molecule has 1 saturated heterocycles. The lowest BCUT2D eigenvalue weighted by molar-refractivity contribution is -0.143. The lowest BCUT2D eigenvalue weighted by Crippen LogP contribution is -2.50. The first-order valence-corrected chi connectivity index (χ1v) is 11.0. The van der Waals surface area contributed by atoms with E-state index in [-0.39, 0.29) is 56.5 Å². The standard InChI is InChI=1S/C20H18F6N2O4S/c21-19(22,23)14-10-15(20(24,25)26)12-16(11-14)33(31,32)28-7-5-27(6-8-28)18(30)9-13-3-1-2-4-17(13)29/h1-4,10-12,29H,5-9H2. The number of nitrogens with zero attached hydrogens (tertiary/aromatic N) is 2. The Bertz CT molecular complexity index is 1110. The molecule has 1 aliphatic rings. The molecule has 3 rings (SSSR count). The number of piperazine rings is 1. The number of halogens is 6. The van der Waals surface area contributed by atoms with Crippen molar-refractivity contribution in [1.29, 1.82) is 0 Å². The third-order valence-corrected chi connectivity index (χ3v) is 7.00. The number of para-hydroxylation sites is 1. The second kappa shape index (κ2) is 8.86. The molecular formula is C20H18F6N2O4S. The normalized spacial score (nSPS) is 16.1. The summed E-state index contributed by atoms with van der Waals surface area (Å²) in [6.07, 6.45) is -10.5. The van der Waals surface area contributed by atoms with Crippen molar-refractivity contribution >= 4 is 15.9 Å². The number of aromatic hydroxyl groups is 1. The van der Waals surface area contributed by atoms with Crippen LogP contribution in [0.15, 0.2) is 47.4 Å². The summed E-state index contributed by atoms with van der Waals surface area (Å²) in [5.74, 6) is -0.496. The number of carbonyl (C=O) groups is 1. The summed E-state index contributed by atoms with van der Waals surface area (Å²) in [6, 6.07) is 6.33.